The van der Waals surface area contributed by atoms with Gasteiger partial charge in [0.05, 0.1) is 5.69 Å². The Labute approximate surface area is 111 Å². The van der Waals surface area contributed by atoms with Gasteiger partial charge in [-0.3, -0.25) is 4.98 Å². The first-order chi connectivity index (χ1) is 9.19. The maximum absolute atomic E-state index is 8.63. The predicted octanol–water partition coefficient (Wildman–Crippen LogP) is 2.06. The Morgan fingerprint density at radius 2 is 2.11 bits per heavy atom. The number of pyridine rings is 1. The predicted molar refractivity (Wildman–Crippen MR) is 72.3 cm³/mol. The SMILES string of the molecule is Cc1cccc(COc2cccc(C(N)=NO)c2)n1. The van der Waals surface area contributed by atoms with Crippen molar-refractivity contribution in [1.29, 1.82) is 0 Å². The molecule has 0 unspecified atom stereocenters. The topological polar surface area (TPSA) is 80.7 Å². The summed E-state index contributed by atoms with van der Waals surface area (Å²) in [6.45, 7) is 2.31. The average molecular weight is 257 g/mol. The minimum absolute atomic E-state index is 0.0548. The number of oxime groups is 1. The Balaban J connectivity index is 2.08. The first kappa shape index (κ1) is 12.9. The first-order valence-electron chi connectivity index (χ1n) is 5.82. The highest BCUT2D eigenvalue weighted by Crippen LogP contribution is 2.14. The van der Waals surface area contributed by atoms with Crippen LogP contribution in [0.1, 0.15) is 17.0 Å². The Morgan fingerprint density at radius 3 is 2.84 bits per heavy atom. The van der Waals surface area contributed by atoms with E-state index < -0.39 is 0 Å². The molecule has 0 aliphatic rings. The van der Waals surface area contributed by atoms with E-state index in [9.17, 15) is 0 Å². The third-order valence-electron chi connectivity index (χ3n) is 2.57. The molecular weight excluding hydrogens is 242 g/mol. The van der Waals surface area contributed by atoms with E-state index in [4.69, 9.17) is 15.7 Å². The lowest BCUT2D eigenvalue weighted by Gasteiger charge is -2.07. The molecule has 0 amide bonds. The van der Waals surface area contributed by atoms with Crippen LogP contribution in [0.15, 0.2) is 47.6 Å². The third kappa shape index (κ3) is 3.45. The summed E-state index contributed by atoms with van der Waals surface area (Å²) in [5, 5.41) is 11.6. The van der Waals surface area contributed by atoms with Gasteiger partial charge in [-0.05, 0) is 31.2 Å². The number of hydrogen-bond donors (Lipinski definition) is 2. The van der Waals surface area contributed by atoms with E-state index in [2.05, 4.69) is 10.1 Å². The zero-order valence-electron chi connectivity index (χ0n) is 10.6. The summed E-state index contributed by atoms with van der Waals surface area (Å²) in [4.78, 5) is 4.35. The molecule has 0 aliphatic heterocycles. The van der Waals surface area contributed by atoms with Crippen LogP contribution in [0.5, 0.6) is 5.75 Å². The standard InChI is InChI=1S/C14H15N3O2/c1-10-4-2-6-12(16-10)9-19-13-7-3-5-11(8-13)14(15)17-18/h2-8,18H,9H2,1H3,(H2,15,17). The monoisotopic (exact) mass is 257 g/mol. The maximum atomic E-state index is 8.63. The summed E-state index contributed by atoms with van der Waals surface area (Å²) in [6.07, 6.45) is 0. The largest absolute Gasteiger partial charge is 0.487 e. The van der Waals surface area contributed by atoms with Crippen LogP contribution >= 0.6 is 0 Å². The van der Waals surface area contributed by atoms with E-state index in [0.717, 1.165) is 11.4 Å². The van der Waals surface area contributed by atoms with Gasteiger partial charge in [0.1, 0.15) is 12.4 Å². The summed E-state index contributed by atoms with van der Waals surface area (Å²) < 4.78 is 5.63. The highest BCUT2D eigenvalue weighted by Gasteiger charge is 2.02. The fourth-order valence-electron chi connectivity index (χ4n) is 1.64. The smallest absolute Gasteiger partial charge is 0.170 e. The third-order valence-corrected chi connectivity index (χ3v) is 2.57. The highest BCUT2D eigenvalue weighted by atomic mass is 16.5. The molecule has 0 fully saturated rings. The van der Waals surface area contributed by atoms with Crippen LogP contribution in [0.25, 0.3) is 0 Å². The van der Waals surface area contributed by atoms with Crippen molar-refractivity contribution in [2.24, 2.45) is 10.9 Å². The zero-order valence-corrected chi connectivity index (χ0v) is 10.6. The molecule has 3 N–H and O–H groups in total. The molecular formula is C14H15N3O2. The lowest BCUT2D eigenvalue weighted by Crippen LogP contribution is -2.13. The molecule has 5 heteroatoms. The van der Waals surface area contributed by atoms with Gasteiger partial charge in [-0.25, -0.2) is 0 Å². The van der Waals surface area contributed by atoms with Gasteiger partial charge in [0.15, 0.2) is 5.84 Å². The van der Waals surface area contributed by atoms with Gasteiger partial charge in [0.2, 0.25) is 0 Å². The molecule has 0 radical (unpaired) electrons. The van der Waals surface area contributed by atoms with Crippen molar-refractivity contribution in [3.63, 3.8) is 0 Å². The second-order valence-electron chi connectivity index (χ2n) is 4.07. The second kappa shape index (κ2) is 5.86. The number of hydrogen-bond acceptors (Lipinski definition) is 4. The molecule has 0 aliphatic carbocycles. The van der Waals surface area contributed by atoms with Crippen LogP contribution in [0.2, 0.25) is 0 Å². The summed E-state index contributed by atoms with van der Waals surface area (Å²) in [6, 6.07) is 12.8. The number of benzene rings is 1. The van der Waals surface area contributed by atoms with Crippen molar-refractivity contribution >= 4 is 5.84 Å². The van der Waals surface area contributed by atoms with Crippen LogP contribution in [0.4, 0.5) is 0 Å². The van der Waals surface area contributed by atoms with Gasteiger partial charge in [0, 0.05) is 11.3 Å². The first-order valence-corrected chi connectivity index (χ1v) is 5.82. The Bertz CT molecular complexity index is 597. The van der Waals surface area contributed by atoms with Crippen molar-refractivity contribution in [1.82, 2.24) is 4.98 Å². The Hall–Kier alpha value is -2.56. The molecule has 0 saturated carbocycles. The van der Waals surface area contributed by atoms with Gasteiger partial charge >= 0.3 is 0 Å². The Morgan fingerprint density at radius 1 is 1.32 bits per heavy atom. The lowest BCUT2D eigenvalue weighted by molar-refractivity contribution is 0.301. The van der Waals surface area contributed by atoms with Crippen LogP contribution in [0.3, 0.4) is 0 Å². The van der Waals surface area contributed by atoms with E-state index in [0.29, 0.717) is 17.9 Å². The summed E-state index contributed by atoms with van der Waals surface area (Å²) in [7, 11) is 0. The summed E-state index contributed by atoms with van der Waals surface area (Å²) in [5.74, 6) is 0.700. The van der Waals surface area contributed by atoms with Gasteiger partial charge in [-0.2, -0.15) is 0 Å². The molecule has 0 atom stereocenters. The molecule has 2 rings (SSSR count). The van der Waals surface area contributed by atoms with Crippen LogP contribution in [-0.4, -0.2) is 16.0 Å². The molecule has 1 aromatic heterocycles. The molecule has 0 saturated heterocycles. The minimum atomic E-state index is 0.0548. The molecule has 98 valence electrons. The second-order valence-corrected chi connectivity index (χ2v) is 4.07. The van der Waals surface area contributed by atoms with Crippen LogP contribution in [-0.2, 0) is 6.61 Å². The van der Waals surface area contributed by atoms with Crippen molar-refractivity contribution in [2.75, 3.05) is 0 Å². The van der Waals surface area contributed by atoms with Gasteiger partial charge in [-0.1, -0.05) is 23.4 Å². The fraction of sp³-hybridized carbons (Fsp3) is 0.143. The lowest BCUT2D eigenvalue weighted by atomic mass is 10.2. The van der Waals surface area contributed by atoms with Crippen LogP contribution < -0.4 is 10.5 Å². The molecule has 1 aromatic carbocycles. The molecule has 0 bridgehead atoms. The number of rotatable bonds is 4. The van der Waals surface area contributed by atoms with E-state index in [-0.39, 0.29) is 5.84 Å². The van der Waals surface area contributed by atoms with Crippen molar-refractivity contribution in [3.05, 3.63) is 59.4 Å². The number of ether oxygens (including phenoxy) is 1. The average Bonchev–Trinajstić information content (AvgIpc) is 2.45. The van der Waals surface area contributed by atoms with Crippen LogP contribution in [0, 0.1) is 6.92 Å². The van der Waals surface area contributed by atoms with E-state index in [1.807, 2.05) is 31.2 Å². The zero-order chi connectivity index (χ0) is 13.7. The molecule has 1 heterocycles. The molecule has 2 aromatic rings. The minimum Gasteiger partial charge on any atom is -0.487 e. The quantitative estimate of drug-likeness (QED) is 0.380. The number of amidine groups is 1. The van der Waals surface area contributed by atoms with E-state index in [1.165, 1.54) is 0 Å². The molecule has 19 heavy (non-hydrogen) atoms. The number of aryl methyl sites for hydroxylation is 1. The normalized spacial score (nSPS) is 11.3. The summed E-state index contributed by atoms with van der Waals surface area (Å²) in [5.41, 5.74) is 7.94. The highest BCUT2D eigenvalue weighted by molar-refractivity contribution is 5.97. The van der Waals surface area contributed by atoms with E-state index in [1.54, 1.807) is 18.2 Å². The van der Waals surface area contributed by atoms with E-state index >= 15 is 0 Å². The fourth-order valence-corrected chi connectivity index (χ4v) is 1.64. The number of nitrogens with zero attached hydrogens (tertiary/aromatic N) is 2. The molecule has 5 nitrogen and oxygen atoms in total. The number of aromatic nitrogens is 1. The summed E-state index contributed by atoms with van der Waals surface area (Å²) >= 11 is 0. The Kier molecular flexibility index (Phi) is 3.97. The van der Waals surface area contributed by atoms with Crippen molar-refractivity contribution < 1.29 is 9.94 Å². The van der Waals surface area contributed by atoms with Crippen molar-refractivity contribution in [2.45, 2.75) is 13.5 Å². The number of nitrogens with two attached hydrogens (primary N) is 1. The molecule has 0 spiro atoms. The van der Waals surface area contributed by atoms with Gasteiger partial charge in [-0.15, -0.1) is 0 Å². The maximum Gasteiger partial charge on any atom is 0.170 e. The van der Waals surface area contributed by atoms with Gasteiger partial charge in [0.25, 0.3) is 0 Å². The van der Waals surface area contributed by atoms with Crippen molar-refractivity contribution in [3.8, 4) is 5.75 Å². The van der Waals surface area contributed by atoms with Gasteiger partial charge < -0.3 is 15.7 Å².